The molecule has 0 aliphatic rings. The van der Waals surface area contributed by atoms with Crippen molar-refractivity contribution in [1.82, 2.24) is 14.9 Å². The lowest BCUT2D eigenvalue weighted by Crippen LogP contribution is -2.27. The Morgan fingerprint density at radius 1 is 0.656 bits per heavy atom. The molecule has 2 heterocycles. The molecule has 5 rings (SSSR count). The Kier molecular flexibility index (Phi) is 5.97. The van der Waals surface area contributed by atoms with E-state index in [1.54, 1.807) is 0 Å². The fraction of sp³-hybridized carbons (Fsp3) is 0.143. The van der Waals surface area contributed by atoms with Crippen LogP contribution in [0.3, 0.4) is 0 Å². The minimum absolute atomic E-state index is 0.213. The molecule has 3 nitrogen and oxygen atoms in total. The van der Waals surface area contributed by atoms with Crippen molar-refractivity contribution in [2.45, 2.75) is 26.1 Å². The first kappa shape index (κ1) is 20.8. The summed E-state index contributed by atoms with van der Waals surface area (Å²) in [5, 5.41) is 2.33. The van der Waals surface area contributed by atoms with Crippen LogP contribution < -0.4 is 0 Å². The number of halogens is 1. The molecular weight excluding hydrogens is 458 g/mol. The van der Waals surface area contributed by atoms with Crippen LogP contribution in [0.2, 0.25) is 0 Å². The standard InChI is InChI=1S/C28H24BrN3/c1-20(21-10-14-24(29)15-11-21)32(18-25-16-12-22-6-2-4-8-27(22)30-25)19-26-17-13-23-7-3-5-9-28(23)31-26/h2-17,20H,18-19H2,1H3/t20-/m0/s1. The molecule has 32 heavy (non-hydrogen) atoms. The van der Waals surface area contributed by atoms with Crippen LogP contribution in [0.1, 0.15) is 29.9 Å². The molecule has 1 atom stereocenters. The second-order valence-corrected chi connectivity index (χ2v) is 9.04. The number of para-hydroxylation sites is 2. The van der Waals surface area contributed by atoms with Crippen LogP contribution in [0.4, 0.5) is 0 Å². The molecule has 0 bridgehead atoms. The van der Waals surface area contributed by atoms with E-state index in [1.165, 1.54) is 16.3 Å². The number of hydrogen-bond donors (Lipinski definition) is 0. The van der Waals surface area contributed by atoms with Gasteiger partial charge >= 0.3 is 0 Å². The first-order valence-corrected chi connectivity index (χ1v) is 11.6. The van der Waals surface area contributed by atoms with Gasteiger partial charge in [-0.1, -0.05) is 76.6 Å². The van der Waals surface area contributed by atoms with Gasteiger partial charge in [0, 0.05) is 34.4 Å². The Morgan fingerprint density at radius 3 is 1.69 bits per heavy atom. The summed E-state index contributed by atoms with van der Waals surface area (Å²) in [6.45, 7) is 3.75. The second-order valence-electron chi connectivity index (χ2n) is 8.12. The van der Waals surface area contributed by atoms with Crippen LogP contribution in [-0.4, -0.2) is 14.9 Å². The minimum Gasteiger partial charge on any atom is -0.285 e. The van der Waals surface area contributed by atoms with E-state index >= 15 is 0 Å². The van der Waals surface area contributed by atoms with Gasteiger partial charge < -0.3 is 0 Å². The van der Waals surface area contributed by atoms with Gasteiger partial charge in [-0.25, -0.2) is 0 Å². The van der Waals surface area contributed by atoms with Gasteiger partial charge in [0.15, 0.2) is 0 Å². The van der Waals surface area contributed by atoms with Crippen molar-refractivity contribution in [1.29, 1.82) is 0 Å². The van der Waals surface area contributed by atoms with E-state index in [-0.39, 0.29) is 6.04 Å². The average molecular weight is 482 g/mol. The van der Waals surface area contributed by atoms with E-state index < -0.39 is 0 Å². The lowest BCUT2D eigenvalue weighted by molar-refractivity contribution is 0.187. The van der Waals surface area contributed by atoms with Crippen LogP contribution in [0, 0.1) is 0 Å². The summed E-state index contributed by atoms with van der Waals surface area (Å²) in [4.78, 5) is 12.3. The van der Waals surface area contributed by atoms with Gasteiger partial charge in [-0.2, -0.15) is 0 Å². The Balaban J connectivity index is 1.48. The number of pyridine rings is 2. The summed E-state index contributed by atoms with van der Waals surface area (Å²) in [5.74, 6) is 0. The van der Waals surface area contributed by atoms with Gasteiger partial charge in [0.25, 0.3) is 0 Å². The van der Waals surface area contributed by atoms with E-state index in [0.717, 1.165) is 40.0 Å². The molecule has 0 amide bonds. The summed E-state index contributed by atoms with van der Waals surface area (Å²) < 4.78 is 1.09. The summed E-state index contributed by atoms with van der Waals surface area (Å²) >= 11 is 3.55. The van der Waals surface area contributed by atoms with Crippen LogP contribution in [-0.2, 0) is 13.1 Å². The van der Waals surface area contributed by atoms with Gasteiger partial charge in [-0.05, 0) is 48.9 Å². The fourth-order valence-electron chi connectivity index (χ4n) is 4.09. The molecular formula is C28H24BrN3. The van der Waals surface area contributed by atoms with E-state index in [0.29, 0.717) is 0 Å². The highest BCUT2D eigenvalue weighted by Crippen LogP contribution is 2.26. The Labute approximate surface area is 196 Å². The molecule has 0 radical (unpaired) electrons. The highest BCUT2D eigenvalue weighted by Gasteiger charge is 2.18. The predicted octanol–water partition coefficient (Wildman–Crippen LogP) is 7.31. The molecule has 0 N–H and O–H groups in total. The molecule has 4 heteroatoms. The third kappa shape index (κ3) is 4.57. The quantitative estimate of drug-likeness (QED) is 0.254. The first-order valence-electron chi connectivity index (χ1n) is 10.8. The third-order valence-electron chi connectivity index (χ3n) is 5.94. The number of aromatic nitrogens is 2. The van der Waals surface area contributed by atoms with Crippen molar-refractivity contribution in [2.24, 2.45) is 0 Å². The number of nitrogens with zero attached hydrogens (tertiary/aromatic N) is 3. The molecule has 158 valence electrons. The molecule has 0 unspecified atom stereocenters. The number of hydrogen-bond acceptors (Lipinski definition) is 3. The van der Waals surface area contributed by atoms with Crippen LogP contribution in [0.15, 0.2) is 102 Å². The van der Waals surface area contributed by atoms with Crippen molar-refractivity contribution in [3.63, 3.8) is 0 Å². The van der Waals surface area contributed by atoms with Gasteiger partial charge in [-0.3, -0.25) is 14.9 Å². The number of benzene rings is 3. The van der Waals surface area contributed by atoms with Crippen molar-refractivity contribution >= 4 is 37.7 Å². The summed E-state index contributed by atoms with van der Waals surface area (Å²) in [5.41, 5.74) is 5.46. The Bertz CT molecular complexity index is 1280. The molecule has 0 aliphatic carbocycles. The zero-order valence-electron chi connectivity index (χ0n) is 17.9. The van der Waals surface area contributed by atoms with Crippen molar-refractivity contribution in [3.05, 3.63) is 118 Å². The van der Waals surface area contributed by atoms with Crippen LogP contribution in [0.25, 0.3) is 21.8 Å². The minimum atomic E-state index is 0.213. The topological polar surface area (TPSA) is 29.0 Å². The molecule has 5 aromatic rings. The van der Waals surface area contributed by atoms with Gasteiger partial charge in [-0.15, -0.1) is 0 Å². The first-order chi connectivity index (χ1) is 15.7. The lowest BCUT2D eigenvalue weighted by Gasteiger charge is -2.29. The van der Waals surface area contributed by atoms with E-state index in [9.17, 15) is 0 Å². The zero-order chi connectivity index (χ0) is 21.9. The maximum Gasteiger partial charge on any atom is 0.0705 e. The second kappa shape index (κ2) is 9.19. The number of rotatable bonds is 6. The maximum absolute atomic E-state index is 4.93. The monoisotopic (exact) mass is 481 g/mol. The van der Waals surface area contributed by atoms with Crippen molar-refractivity contribution in [2.75, 3.05) is 0 Å². The van der Waals surface area contributed by atoms with Gasteiger partial charge in [0.2, 0.25) is 0 Å². The summed E-state index contributed by atoms with van der Waals surface area (Å²) in [7, 11) is 0. The van der Waals surface area contributed by atoms with E-state index in [2.05, 4.69) is 113 Å². The molecule has 3 aromatic carbocycles. The normalized spacial score (nSPS) is 12.5. The smallest absolute Gasteiger partial charge is 0.0705 e. The summed E-state index contributed by atoms with van der Waals surface area (Å²) in [6, 6.07) is 33.9. The van der Waals surface area contributed by atoms with Crippen molar-refractivity contribution < 1.29 is 0 Å². The third-order valence-corrected chi connectivity index (χ3v) is 6.47. The Hall–Kier alpha value is -3.08. The predicted molar refractivity (Wildman–Crippen MR) is 135 cm³/mol. The van der Waals surface area contributed by atoms with Gasteiger partial charge in [0.05, 0.1) is 22.4 Å². The highest BCUT2D eigenvalue weighted by molar-refractivity contribution is 9.10. The lowest BCUT2D eigenvalue weighted by atomic mass is 10.1. The average Bonchev–Trinajstić information content (AvgIpc) is 2.83. The molecule has 0 saturated carbocycles. The fourth-order valence-corrected chi connectivity index (χ4v) is 4.35. The molecule has 0 spiro atoms. The SMILES string of the molecule is C[C@@H](c1ccc(Br)cc1)N(Cc1ccc2ccccc2n1)Cc1ccc2ccccc2n1. The maximum atomic E-state index is 4.93. The highest BCUT2D eigenvalue weighted by atomic mass is 79.9. The van der Waals surface area contributed by atoms with Crippen LogP contribution >= 0.6 is 15.9 Å². The van der Waals surface area contributed by atoms with Crippen molar-refractivity contribution in [3.8, 4) is 0 Å². The van der Waals surface area contributed by atoms with E-state index in [4.69, 9.17) is 9.97 Å². The molecule has 0 fully saturated rings. The largest absolute Gasteiger partial charge is 0.285 e. The van der Waals surface area contributed by atoms with Gasteiger partial charge in [0.1, 0.15) is 0 Å². The summed E-state index contributed by atoms with van der Waals surface area (Å²) in [6.07, 6.45) is 0. The molecule has 2 aromatic heterocycles. The molecule has 0 saturated heterocycles. The van der Waals surface area contributed by atoms with E-state index in [1.807, 2.05) is 12.1 Å². The Morgan fingerprint density at radius 2 is 1.16 bits per heavy atom. The number of fused-ring (bicyclic) bond motifs is 2. The van der Waals surface area contributed by atoms with Crippen LogP contribution in [0.5, 0.6) is 0 Å². The molecule has 0 aliphatic heterocycles. The zero-order valence-corrected chi connectivity index (χ0v) is 19.5.